The van der Waals surface area contributed by atoms with Crippen molar-refractivity contribution in [3.63, 3.8) is 0 Å². The van der Waals surface area contributed by atoms with Crippen LogP contribution in [0.3, 0.4) is 0 Å². The predicted molar refractivity (Wildman–Crippen MR) is 131 cm³/mol. The number of hydrogen-bond acceptors (Lipinski definition) is 10. The fourth-order valence-electron chi connectivity index (χ4n) is 3.31. The van der Waals surface area contributed by atoms with Gasteiger partial charge in [0.05, 0.1) is 6.61 Å². The van der Waals surface area contributed by atoms with Crippen LogP contribution in [0.5, 0.6) is 35.0 Å². The highest BCUT2D eigenvalue weighted by Gasteiger charge is 2.83. The van der Waals surface area contributed by atoms with Gasteiger partial charge in [0.25, 0.3) is 23.5 Å². The van der Waals surface area contributed by atoms with Gasteiger partial charge in [0.1, 0.15) is 0 Å². The summed E-state index contributed by atoms with van der Waals surface area (Å²) in [6.07, 6.45) is -28.0. The third-order valence-corrected chi connectivity index (χ3v) is 5.51. The van der Waals surface area contributed by atoms with Gasteiger partial charge in [-0.05, 0) is 6.92 Å². The summed E-state index contributed by atoms with van der Waals surface area (Å²) in [6.45, 7) is -14.1. The lowest BCUT2D eigenvalue weighted by atomic mass is 9.97. The Balaban J connectivity index is 2.90. The van der Waals surface area contributed by atoms with E-state index in [1.54, 1.807) is 0 Å². The molecular weight excluding hydrogens is 877 g/mol. The van der Waals surface area contributed by atoms with Crippen LogP contribution in [0.1, 0.15) is 18.6 Å². The first-order valence-corrected chi connectivity index (χ1v) is 13.8. The van der Waals surface area contributed by atoms with Gasteiger partial charge in [0, 0.05) is 0 Å². The first kappa shape index (κ1) is 48.5. The van der Waals surface area contributed by atoms with Crippen LogP contribution < -0.4 is 28.4 Å². The van der Waals surface area contributed by atoms with Gasteiger partial charge in [-0.1, -0.05) is 0 Å². The van der Waals surface area contributed by atoms with E-state index in [1.807, 2.05) is 0 Å². The van der Waals surface area contributed by atoms with Gasteiger partial charge in [-0.3, -0.25) is 0 Å². The Morgan fingerprint density at radius 1 is 0.333 bits per heavy atom. The lowest BCUT2D eigenvalue weighted by Gasteiger charge is -2.35. The summed E-state index contributed by atoms with van der Waals surface area (Å²) in [5, 5.41) is 0. The topological polar surface area (TPSA) is 107 Å². The standard InChI is InChI=1S/C24H15F23N4O6/c1-2-52-10-8(53-3-16(25,26)27)11(55-5-18(31,32)33)49-14(48-10)21(40,41)23(44,45)24(46,47)22(42,43)15-50-12(56-6-19(34,35)36)9(54-4-17(28,29)30)13(51-15)57-7-20(37,38)39/h2-7H2,1H3. The third-order valence-electron chi connectivity index (χ3n) is 5.51. The van der Waals surface area contributed by atoms with Gasteiger partial charge in [-0.25, -0.2) is 0 Å². The van der Waals surface area contributed by atoms with Gasteiger partial charge >= 0.3 is 54.6 Å². The minimum Gasteiger partial charge on any atom is -0.475 e. The van der Waals surface area contributed by atoms with Crippen LogP contribution in [0.4, 0.5) is 101 Å². The molecule has 328 valence electrons. The number of alkyl halides is 23. The van der Waals surface area contributed by atoms with E-state index in [0.717, 1.165) is 6.92 Å². The van der Waals surface area contributed by atoms with E-state index in [4.69, 9.17) is 0 Å². The van der Waals surface area contributed by atoms with Crippen molar-refractivity contribution >= 4 is 0 Å². The maximum absolute atomic E-state index is 15.3. The maximum Gasteiger partial charge on any atom is 0.422 e. The number of ether oxygens (including phenoxy) is 6. The molecular formula is C24H15F23N4O6. The van der Waals surface area contributed by atoms with Crippen molar-refractivity contribution in [3.05, 3.63) is 11.6 Å². The fraction of sp³-hybridized carbons (Fsp3) is 0.667. The summed E-state index contributed by atoms with van der Waals surface area (Å²) < 4.78 is 337. The molecule has 0 saturated heterocycles. The number of hydrogen-bond donors (Lipinski definition) is 0. The van der Waals surface area contributed by atoms with Gasteiger partial charge < -0.3 is 28.4 Å². The Labute approximate surface area is 298 Å². The molecule has 0 aliphatic rings. The molecule has 0 aromatic carbocycles. The minimum absolute atomic E-state index is 0.811. The van der Waals surface area contributed by atoms with Crippen LogP contribution in [0.25, 0.3) is 0 Å². The zero-order chi connectivity index (χ0) is 44.4. The molecule has 0 fully saturated rings. The van der Waals surface area contributed by atoms with Gasteiger partial charge in [-0.2, -0.15) is 121 Å². The third kappa shape index (κ3) is 12.7. The quantitative estimate of drug-likeness (QED) is 0.144. The highest BCUT2D eigenvalue weighted by molar-refractivity contribution is 5.45. The minimum atomic E-state index is -7.88. The van der Waals surface area contributed by atoms with Crippen molar-refractivity contribution in [2.75, 3.05) is 39.6 Å². The monoisotopic (exact) mass is 892 g/mol. The Hall–Kier alpha value is -4.65. The average Bonchev–Trinajstić information content (AvgIpc) is 3.01. The van der Waals surface area contributed by atoms with E-state index >= 15 is 35.1 Å². The molecule has 57 heavy (non-hydrogen) atoms. The van der Waals surface area contributed by atoms with Crippen molar-refractivity contribution in [2.24, 2.45) is 0 Å². The van der Waals surface area contributed by atoms with Crippen LogP contribution >= 0.6 is 0 Å². The molecule has 0 aliphatic heterocycles. The Bertz CT molecular complexity index is 1640. The second-order valence-electron chi connectivity index (χ2n) is 10.2. The molecule has 10 nitrogen and oxygen atoms in total. The zero-order valence-corrected chi connectivity index (χ0v) is 26.7. The largest absolute Gasteiger partial charge is 0.475 e. The fourth-order valence-corrected chi connectivity index (χ4v) is 3.31. The first-order chi connectivity index (χ1) is 25.4. The predicted octanol–water partition coefficient (Wildman–Crippen LogP) is 8.53. The number of rotatable bonds is 17. The van der Waals surface area contributed by atoms with Crippen LogP contribution in [-0.4, -0.2) is 102 Å². The highest BCUT2D eigenvalue weighted by atomic mass is 19.4. The molecule has 2 rings (SSSR count). The number of aromatic nitrogens is 4. The van der Waals surface area contributed by atoms with Crippen molar-refractivity contribution in [1.82, 2.24) is 19.9 Å². The summed E-state index contributed by atoms with van der Waals surface area (Å²) in [4.78, 5) is 8.67. The molecule has 0 unspecified atom stereocenters. The SMILES string of the molecule is CCOc1nc(C(F)(F)C(F)(F)C(F)(F)C(F)(F)c2nc(OCC(F)(F)F)c(OCC(F)(F)F)c(OCC(F)(F)F)n2)nc(OCC(F)(F)F)c1OCC(F)(F)F. The van der Waals surface area contributed by atoms with Crippen molar-refractivity contribution in [3.8, 4) is 35.0 Å². The first-order valence-electron chi connectivity index (χ1n) is 13.8. The van der Waals surface area contributed by atoms with E-state index in [1.165, 1.54) is 0 Å². The lowest BCUT2D eigenvalue weighted by molar-refractivity contribution is -0.377. The Morgan fingerprint density at radius 3 is 0.754 bits per heavy atom. The molecule has 0 spiro atoms. The molecule has 0 N–H and O–H groups in total. The number of halogens is 23. The maximum atomic E-state index is 15.3. The van der Waals surface area contributed by atoms with Gasteiger partial charge in [0.15, 0.2) is 33.0 Å². The van der Waals surface area contributed by atoms with Crippen LogP contribution in [0.15, 0.2) is 0 Å². The van der Waals surface area contributed by atoms with E-state index in [-0.39, 0.29) is 0 Å². The molecule has 0 saturated carbocycles. The molecule has 2 heterocycles. The normalized spacial score (nSPS) is 14.0. The Kier molecular flexibility index (Phi) is 13.9. The van der Waals surface area contributed by atoms with Gasteiger partial charge in [-0.15, -0.1) is 0 Å². The van der Waals surface area contributed by atoms with E-state index < -0.39 is 141 Å². The second kappa shape index (κ2) is 16.3. The molecule has 0 amide bonds. The molecule has 0 aliphatic carbocycles. The average molecular weight is 892 g/mol. The van der Waals surface area contributed by atoms with Crippen LogP contribution in [-0.2, 0) is 11.8 Å². The molecule has 2 aromatic heterocycles. The summed E-state index contributed by atoms with van der Waals surface area (Å²) in [6, 6.07) is 0. The van der Waals surface area contributed by atoms with Crippen LogP contribution in [0, 0.1) is 0 Å². The lowest BCUT2D eigenvalue weighted by Crippen LogP contribution is -2.60. The smallest absolute Gasteiger partial charge is 0.422 e. The second-order valence-corrected chi connectivity index (χ2v) is 10.2. The van der Waals surface area contributed by atoms with E-state index in [2.05, 4.69) is 48.4 Å². The summed E-state index contributed by atoms with van der Waals surface area (Å²) in [5.74, 6) is -50.8. The zero-order valence-electron chi connectivity index (χ0n) is 26.7. The summed E-state index contributed by atoms with van der Waals surface area (Å²) >= 11 is 0. The molecule has 0 bridgehead atoms. The Morgan fingerprint density at radius 2 is 0.544 bits per heavy atom. The van der Waals surface area contributed by atoms with Crippen LogP contribution in [0.2, 0.25) is 0 Å². The number of nitrogens with zero attached hydrogens (tertiary/aromatic N) is 4. The summed E-state index contributed by atoms with van der Waals surface area (Å²) in [7, 11) is 0. The molecule has 0 radical (unpaired) electrons. The van der Waals surface area contributed by atoms with Crippen molar-refractivity contribution < 1.29 is 129 Å². The van der Waals surface area contributed by atoms with Crippen molar-refractivity contribution in [1.29, 1.82) is 0 Å². The summed E-state index contributed by atoms with van der Waals surface area (Å²) in [5.41, 5.74) is 0. The van der Waals surface area contributed by atoms with E-state index in [9.17, 15) is 65.9 Å². The molecule has 2 aromatic rings. The van der Waals surface area contributed by atoms with E-state index in [0.29, 0.717) is 0 Å². The molecule has 0 atom stereocenters. The highest BCUT2D eigenvalue weighted by Crippen LogP contribution is 2.59. The molecule has 33 heteroatoms. The van der Waals surface area contributed by atoms with Crippen molar-refractivity contribution in [2.45, 2.75) is 61.5 Å². The van der Waals surface area contributed by atoms with Gasteiger partial charge in [0.2, 0.25) is 23.1 Å².